The number of fused-ring (bicyclic) bond motifs is 1. The molecule has 1 aliphatic rings. The third-order valence-electron chi connectivity index (χ3n) is 3.29. The number of aromatic nitrogens is 4. The summed E-state index contributed by atoms with van der Waals surface area (Å²) in [4.78, 5) is 32.9. The van der Waals surface area contributed by atoms with E-state index in [2.05, 4.69) is 15.0 Å². The van der Waals surface area contributed by atoms with E-state index in [-0.39, 0.29) is 11.2 Å². The molecular weight excluding hydrogens is 284 g/mol. The number of nitrogens with zero attached hydrogens (tertiary/aromatic N) is 3. The van der Waals surface area contributed by atoms with Crippen LogP contribution in [0.25, 0.3) is 11.2 Å². The third kappa shape index (κ3) is 2.23. The van der Waals surface area contributed by atoms with Gasteiger partial charge in [-0.15, -0.1) is 0 Å². The molecule has 1 aliphatic heterocycles. The van der Waals surface area contributed by atoms with Crippen molar-refractivity contribution < 1.29 is 20.1 Å². The zero-order valence-electron chi connectivity index (χ0n) is 10.6. The largest absolute Gasteiger partial charge is 0.394 e. The fourth-order valence-corrected chi connectivity index (χ4v) is 2.21. The fourth-order valence-electron chi connectivity index (χ4n) is 2.21. The number of aromatic amines is 1. The van der Waals surface area contributed by atoms with E-state index >= 15 is 0 Å². The molecule has 0 radical (unpaired) electrons. The summed E-state index contributed by atoms with van der Waals surface area (Å²) >= 11 is 0. The average Bonchev–Trinajstić information content (AvgIpc) is 2.74. The minimum atomic E-state index is -1.40. The van der Waals surface area contributed by atoms with Crippen LogP contribution in [0.5, 0.6) is 0 Å². The summed E-state index contributed by atoms with van der Waals surface area (Å²) in [5, 5.41) is 28.6. The van der Waals surface area contributed by atoms with Crippen molar-refractivity contribution in [3.63, 3.8) is 0 Å². The summed E-state index contributed by atoms with van der Waals surface area (Å²) < 4.78 is 6.20. The number of H-pyrrole nitrogens is 1. The molecule has 21 heavy (non-hydrogen) atoms. The predicted octanol–water partition coefficient (Wildman–Crippen LogP) is -2.91. The molecule has 0 bridgehead atoms. The molecule has 3 rings (SSSR count). The summed E-state index contributed by atoms with van der Waals surface area (Å²) in [7, 11) is 0. The van der Waals surface area contributed by atoms with Crippen molar-refractivity contribution in [1.29, 1.82) is 0 Å². The van der Waals surface area contributed by atoms with Crippen molar-refractivity contribution in [3.05, 3.63) is 33.2 Å². The number of aliphatic hydroxyl groups is 3. The van der Waals surface area contributed by atoms with Gasteiger partial charge in [-0.3, -0.25) is 9.36 Å². The van der Waals surface area contributed by atoms with Crippen LogP contribution in [-0.4, -0.2) is 59.8 Å². The van der Waals surface area contributed by atoms with Gasteiger partial charge in [0.15, 0.2) is 11.9 Å². The van der Waals surface area contributed by atoms with Crippen LogP contribution < -0.4 is 11.2 Å². The van der Waals surface area contributed by atoms with Gasteiger partial charge in [-0.05, 0) is 0 Å². The first-order valence-electron chi connectivity index (χ1n) is 6.12. The van der Waals surface area contributed by atoms with Gasteiger partial charge in [-0.25, -0.2) is 9.78 Å². The lowest BCUT2D eigenvalue weighted by Crippen LogP contribution is -2.36. The third-order valence-corrected chi connectivity index (χ3v) is 3.29. The molecule has 3 heterocycles. The summed E-state index contributed by atoms with van der Waals surface area (Å²) in [6.07, 6.45) is -2.66. The second-order valence-electron chi connectivity index (χ2n) is 4.64. The molecule has 2 aromatic rings. The van der Waals surface area contributed by atoms with Crippen LogP contribution in [0.4, 0.5) is 0 Å². The van der Waals surface area contributed by atoms with Gasteiger partial charge < -0.3 is 25.0 Å². The molecular formula is C11H12N4O6. The smallest absolute Gasteiger partial charge is 0.351 e. The van der Waals surface area contributed by atoms with E-state index in [0.717, 1.165) is 10.8 Å². The van der Waals surface area contributed by atoms with Gasteiger partial charge in [0, 0.05) is 6.20 Å². The van der Waals surface area contributed by atoms with Gasteiger partial charge in [0.25, 0.3) is 5.56 Å². The first-order valence-corrected chi connectivity index (χ1v) is 6.12. The monoisotopic (exact) mass is 296 g/mol. The molecule has 0 saturated carbocycles. The lowest BCUT2D eigenvalue weighted by atomic mass is 10.1. The SMILES string of the molecule is O=c1cnc2cn([C@@H]3O[C@H](CO)C(O)[C@@H]3O)c(=O)nc2[nH]1. The van der Waals surface area contributed by atoms with Gasteiger partial charge in [0.1, 0.15) is 23.8 Å². The predicted molar refractivity (Wildman–Crippen MR) is 67.4 cm³/mol. The zero-order valence-corrected chi connectivity index (χ0v) is 10.6. The highest BCUT2D eigenvalue weighted by Gasteiger charge is 2.43. The number of hydrogen-bond acceptors (Lipinski definition) is 8. The summed E-state index contributed by atoms with van der Waals surface area (Å²) in [5.74, 6) is 0. The van der Waals surface area contributed by atoms with E-state index in [1.165, 1.54) is 6.20 Å². The van der Waals surface area contributed by atoms with E-state index < -0.39 is 42.4 Å². The lowest BCUT2D eigenvalue weighted by molar-refractivity contribution is -0.0547. The Balaban J connectivity index is 2.09. The molecule has 0 amide bonds. The molecule has 0 spiro atoms. The minimum Gasteiger partial charge on any atom is -0.394 e. The van der Waals surface area contributed by atoms with Gasteiger partial charge in [0.2, 0.25) is 0 Å². The van der Waals surface area contributed by atoms with E-state index in [1.807, 2.05) is 0 Å². The number of ether oxygens (including phenoxy) is 1. The van der Waals surface area contributed by atoms with Gasteiger partial charge in [-0.1, -0.05) is 0 Å². The van der Waals surface area contributed by atoms with E-state index in [0.29, 0.717) is 0 Å². The molecule has 0 aromatic carbocycles. The van der Waals surface area contributed by atoms with Gasteiger partial charge >= 0.3 is 5.69 Å². The Bertz CT molecular complexity index is 786. The molecule has 1 fully saturated rings. The molecule has 0 aliphatic carbocycles. The topological polar surface area (TPSA) is 151 Å². The first kappa shape index (κ1) is 13.8. The number of nitrogens with one attached hydrogen (secondary N) is 1. The Kier molecular flexibility index (Phi) is 3.29. The Morgan fingerprint density at radius 2 is 2.10 bits per heavy atom. The second kappa shape index (κ2) is 5.00. The highest BCUT2D eigenvalue weighted by molar-refractivity contribution is 5.67. The van der Waals surface area contributed by atoms with Crippen molar-refractivity contribution in [1.82, 2.24) is 19.5 Å². The Morgan fingerprint density at radius 1 is 1.33 bits per heavy atom. The van der Waals surface area contributed by atoms with Crippen molar-refractivity contribution in [2.45, 2.75) is 24.5 Å². The van der Waals surface area contributed by atoms with E-state index in [4.69, 9.17) is 9.84 Å². The van der Waals surface area contributed by atoms with Crippen molar-refractivity contribution in [3.8, 4) is 0 Å². The van der Waals surface area contributed by atoms with Gasteiger partial charge in [0.05, 0.1) is 12.8 Å². The quantitative estimate of drug-likeness (QED) is 0.460. The summed E-state index contributed by atoms with van der Waals surface area (Å²) in [6, 6.07) is 0. The molecule has 112 valence electrons. The molecule has 10 heteroatoms. The normalized spacial score (nSPS) is 29.1. The van der Waals surface area contributed by atoms with Crippen molar-refractivity contribution in [2.75, 3.05) is 6.61 Å². The standard InChI is InChI=1S/C11H12N4O6/c16-3-5-7(18)8(19)10(21-5)15-2-4-9(14-11(15)20)13-6(17)1-12-4/h1-2,5,7-8,10,16,18-19H,3H2,(H,13,14,17,20)/t5-,7?,8+,10-/m1/s1. The minimum absolute atomic E-state index is 0.00972. The number of aliphatic hydroxyl groups excluding tert-OH is 3. The van der Waals surface area contributed by atoms with Crippen LogP contribution in [0.2, 0.25) is 0 Å². The van der Waals surface area contributed by atoms with Crippen molar-refractivity contribution >= 4 is 11.2 Å². The average molecular weight is 296 g/mol. The van der Waals surface area contributed by atoms with Crippen LogP contribution in [0, 0.1) is 0 Å². The van der Waals surface area contributed by atoms with Crippen LogP contribution in [0.3, 0.4) is 0 Å². The summed E-state index contributed by atoms with van der Waals surface area (Å²) in [5.41, 5.74) is -1.07. The highest BCUT2D eigenvalue weighted by Crippen LogP contribution is 2.28. The van der Waals surface area contributed by atoms with E-state index in [9.17, 15) is 19.8 Å². The van der Waals surface area contributed by atoms with Crippen LogP contribution >= 0.6 is 0 Å². The molecule has 10 nitrogen and oxygen atoms in total. The van der Waals surface area contributed by atoms with Crippen LogP contribution in [0.1, 0.15) is 6.23 Å². The maximum Gasteiger partial charge on any atom is 0.351 e. The molecule has 2 aromatic heterocycles. The maximum absolute atomic E-state index is 11.9. The Labute approximate surface area is 116 Å². The van der Waals surface area contributed by atoms with Crippen molar-refractivity contribution in [2.24, 2.45) is 0 Å². The first-order chi connectivity index (χ1) is 10.0. The maximum atomic E-state index is 11.9. The van der Waals surface area contributed by atoms with Crippen LogP contribution in [0.15, 0.2) is 22.0 Å². The number of hydrogen-bond donors (Lipinski definition) is 4. The fraction of sp³-hybridized carbons (Fsp3) is 0.455. The van der Waals surface area contributed by atoms with Crippen LogP contribution in [-0.2, 0) is 4.74 Å². The molecule has 1 unspecified atom stereocenters. The van der Waals surface area contributed by atoms with E-state index in [1.54, 1.807) is 0 Å². The number of rotatable bonds is 2. The molecule has 1 saturated heterocycles. The Hall–Kier alpha value is -2.14. The zero-order chi connectivity index (χ0) is 15.1. The second-order valence-corrected chi connectivity index (χ2v) is 4.64. The molecule has 4 atom stereocenters. The lowest BCUT2D eigenvalue weighted by Gasteiger charge is -2.17. The highest BCUT2D eigenvalue weighted by atomic mass is 16.6. The Morgan fingerprint density at radius 3 is 2.76 bits per heavy atom. The summed E-state index contributed by atoms with van der Waals surface area (Å²) in [6.45, 7) is -0.504. The van der Waals surface area contributed by atoms with Gasteiger partial charge in [-0.2, -0.15) is 4.98 Å². The molecule has 4 N–H and O–H groups in total.